The summed E-state index contributed by atoms with van der Waals surface area (Å²) in [4.78, 5) is 62.7. The molecule has 3 saturated heterocycles. The smallest absolute Gasteiger partial charge is 0.319 e. The number of nitrogens with zero attached hydrogens (tertiary/aromatic N) is 9. The van der Waals surface area contributed by atoms with E-state index in [2.05, 4.69) is 32.7 Å². The van der Waals surface area contributed by atoms with Gasteiger partial charge in [0, 0.05) is 62.6 Å². The van der Waals surface area contributed by atoms with Crippen LogP contribution in [0.4, 0.5) is 14.6 Å². The van der Waals surface area contributed by atoms with E-state index < -0.39 is 41.7 Å². The number of hydrogen-bond donors (Lipinski definition) is 2. The zero-order valence-electron chi connectivity index (χ0n) is 46.1. The maximum absolute atomic E-state index is 17.3. The van der Waals surface area contributed by atoms with Crippen molar-refractivity contribution in [1.82, 2.24) is 34.8 Å². The lowest BCUT2D eigenvalue weighted by molar-refractivity contribution is -0.140. The van der Waals surface area contributed by atoms with Gasteiger partial charge in [0.15, 0.2) is 23.2 Å². The van der Waals surface area contributed by atoms with Crippen LogP contribution in [-0.4, -0.2) is 140 Å². The van der Waals surface area contributed by atoms with Crippen LogP contribution in [0.1, 0.15) is 81.7 Å². The molecular formula is C61H64ClF2N9O8S. The average molecular weight is 1160 g/mol. The number of anilines is 1. The normalized spacial score (nSPS) is 18.7. The quantitative estimate of drug-likeness (QED) is 0.0721. The number of nitriles is 1. The number of hydrogen-bond acceptors (Lipinski definition) is 16. The summed E-state index contributed by atoms with van der Waals surface area (Å²) in [7, 11) is 0. The van der Waals surface area contributed by atoms with Gasteiger partial charge in [0.25, 0.3) is 11.8 Å². The molecule has 7 aromatic rings. The molecule has 5 atom stereocenters. The molecule has 17 nitrogen and oxygen atoms in total. The van der Waals surface area contributed by atoms with Gasteiger partial charge in [0.1, 0.15) is 29.6 Å². The zero-order chi connectivity index (χ0) is 57.9. The summed E-state index contributed by atoms with van der Waals surface area (Å²) >= 11 is 8.52. The highest BCUT2D eigenvalue weighted by molar-refractivity contribution is 7.13. The fourth-order valence-electron chi connectivity index (χ4n) is 11.7. The van der Waals surface area contributed by atoms with Gasteiger partial charge in [0.2, 0.25) is 5.91 Å². The molecule has 3 fully saturated rings. The number of piperidine rings is 1. The van der Waals surface area contributed by atoms with E-state index in [-0.39, 0.29) is 126 Å². The first kappa shape index (κ1) is 57.7. The molecule has 0 spiro atoms. The van der Waals surface area contributed by atoms with Crippen LogP contribution in [0.25, 0.3) is 43.2 Å². The number of aliphatic hydroxyl groups excluding tert-OH is 1. The van der Waals surface area contributed by atoms with Crippen LogP contribution >= 0.6 is 22.9 Å². The number of aromatic nitrogens is 4. The Morgan fingerprint density at radius 2 is 1.74 bits per heavy atom. The van der Waals surface area contributed by atoms with E-state index >= 15 is 4.39 Å². The fraction of sp³-hybridized carbons (Fsp3) is 0.410. The zero-order valence-corrected chi connectivity index (χ0v) is 47.6. The molecule has 10 rings (SSSR count). The van der Waals surface area contributed by atoms with Gasteiger partial charge >= 0.3 is 6.01 Å². The summed E-state index contributed by atoms with van der Waals surface area (Å²) in [5.74, 6) is -3.39. The van der Waals surface area contributed by atoms with Crippen LogP contribution < -0.4 is 14.4 Å². The number of piperazine rings is 1. The molecular weight excluding hydrogens is 1090 g/mol. The predicted molar refractivity (Wildman–Crippen MR) is 308 cm³/mol. The Balaban J connectivity index is 0.767. The highest BCUT2D eigenvalue weighted by Gasteiger charge is 2.44. The molecule has 0 aliphatic carbocycles. The number of aromatic hydroxyl groups is 1. The SMILES string of the molecule is C=C(F)C(=O)N1CCN(c2nc(OCCN3CCC(COc4cc([C@H](C(=O)N5C[C@H](O)C[C@H]5C(=O)C[C@@H](C)c5ccc(-c6scnc6C)cc5)C(C)C)on4)CC3)nc3c(F)c(-c4cc(O)cc5ccccc45)c(Cl)cc23)C[C@@H]1CC#N. The van der Waals surface area contributed by atoms with Gasteiger partial charge < -0.3 is 38.9 Å². The highest BCUT2D eigenvalue weighted by atomic mass is 35.5. The van der Waals surface area contributed by atoms with Crippen molar-refractivity contribution in [2.24, 2.45) is 11.8 Å². The monoisotopic (exact) mass is 1160 g/mol. The number of likely N-dealkylation sites (tertiary alicyclic amines) is 2. The number of ether oxygens (including phenoxy) is 2. The Morgan fingerprint density at radius 1 is 0.976 bits per heavy atom. The number of ketones is 1. The van der Waals surface area contributed by atoms with E-state index in [4.69, 9.17) is 30.6 Å². The van der Waals surface area contributed by atoms with Crippen LogP contribution in [0.2, 0.25) is 5.02 Å². The molecule has 0 saturated carbocycles. The van der Waals surface area contributed by atoms with Crippen LogP contribution in [0, 0.1) is 35.9 Å². The van der Waals surface area contributed by atoms with Gasteiger partial charge in [-0.3, -0.25) is 19.3 Å². The standard InChI is InChI=1S/C61H64ClF2N9O8S/c1-34(2)53(60(78)73-31-44(75)27-49(73)50(76)24-35(3)39-10-12-40(13-11-39)57-37(5)66-33-82-57)51-29-52(69-81-51)80-32-38-15-18-70(19-16-38)22-23-79-61-67-56-47(58(68-61)71-20-21-72(59(77)36(4)63)42(30-71)14-17-65)28-48(62)54(55(56)64)46-26-43(74)25-41-8-6-7-9-45(41)46/h6-13,25-26,28-29,33-35,38,42,44,49,53,74-75H,4,14-16,18-24,27,30-32H2,1-3,5H3/t35-,42+,44-,49+,53-/m1/s1. The first-order valence-electron chi connectivity index (χ1n) is 27.6. The van der Waals surface area contributed by atoms with E-state index in [1.165, 1.54) is 15.9 Å². The van der Waals surface area contributed by atoms with Crippen LogP contribution in [-0.2, 0) is 14.4 Å². The minimum absolute atomic E-state index is 0.0197. The van der Waals surface area contributed by atoms with Gasteiger partial charge in [-0.1, -0.05) is 87.5 Å². The topological polar surface area (TPSA) is 212 Å². The molecule has 2 amide bonds. The largest absolute Gasteiger partial charge is 0.508 e. The van der Waals surface area contributed by atoms with E-state index in [9.17, 15) is 34.2 Å². The number of fused-ring (bicyclic) bond motifs is 2. The maximum Gasteiger partial charge on any atom is 0.319 e. The number of carbonyl (C=O) groups excluding carboxylic acids is 3. The summed E-state index contributed by atoms with van der Waals surface area (Å²) in [6.07, 6.45) is 1.03. The Hall–Kier alpha value is -7.57. The van der Waals surface area contributed by atoms with Crippen molar-refractivity contribution in [3.8, 4) is 45.3 Å². The number of halogens is 3. The highest BCUT2D eigenvalue weighted by Crippen LogP contribution is 2.43. The third kappa shape index (κ3) is 12.3. The first-order chi connectivity index (χ1) is 39.5. The number of phenols is 1. The first-order valence-corrected chi connectivity index (χ1v) is 28.9. The Kier molecular flexibility index (Phi) is 17.5. The molecule has 3 aliphatic rings. The van der Waals surface area contributed by atoms with E-state index in [0.29, 0.717) is 35.2 Å². The van der Waals surface area contributed by atoms with Crippen molar-refractivity contribution in [2.75, 3.05) is 63.9 Å². The van der Waals surface area contributed by atoms with Gasteiger partial charge in [-0.25, -0.2) is 13.8 Å². The number of amides is 2. The summed E-state index contributed by atoms with van der Waals surface area (Å²) in [5.41, 5.74) is 5.15. The van der Waals surface area contributed by atoms with Crippen molar-refractivity contribution in [3.05, 3.63) is 119 Å². The number of Topliss-reactive ketones (excluding diaryl/α,β-unsaturated/α-hetero) is 1. The number of aryl methyl sites for hydroxylation is 1. The predicted octanol–water partition coefficient (Wildman–Crippen LogP) is 10.4. The van der Waals surface area contributed by atoms with Crippen molar-refractivity contribution >= 4 is 68.0 Å². The van der Waals surface area contributed by atoms with Gasteiger partial charge in [-0.05, 0) is 101 Å². The molecule has 0 bridgehead atoms. The van der Waals surface area contributed by atoms with Crippen molar-refractivity contribution in [1.29, 1.82) is 5.26 Å². The van der Waals surface area contributed by atoms with Crippen LogP contribution in [0.3, 0.4) is 0 Å². The molecule has 3 aliphatic heterocycles. The number of rotatable bonds is 19. The lowest BCUT2D eigenvalue weighted by atomic mass is 9.89. The van der Waals surface area contributed by atoms with Gasteiger partial charge in [-0.2, -0.15) is 15.2 Å². The molecule has 4 aromatic carbocycles. The van der Waals surface area contributed by atoms with Crippen LogP contribution in [0.15, 0.2) is 95.2 Å². The molecule has 2 N–H and O–H groups in total. The van der Waals surface area contributed by atoms with E-state index in [1.54, 1.807) is 52.6 Å². The Bertz CT molecular complexity index is 3570. The van der Waals surface area contributed by atoms with Crippen molar-refractivity contribution in [3.63, 3.8) is 0 Å². The van der Waals surface area contributed by atoms with Gasteiger partial charge in [-0.15, -0.1) is 11.3 Å². The third-order valence-electron chi connectivity index (χ3n) is 16.0. The average Bonchev–Trinajstić information content (AvgIpc) is 2.08. The maximum atomic E-state index is 17.3. The molecule has 82 heavy (non-hydrogen) atoms. The lowest BCUT2D eigenvalue weighted by Gasteiger charge is -2.41. The molecule has 6 heterocycles. The lowest BCUT2D eigenvalue weighted by Crippen LogP contribution is -2.55. The Morgan fingerprint density at radius 3 is 2.46 bits per heavy atom. The second-order valence-electron chi connectivity index (χ2n) is 21.9. The van der Waals surface area contributed by atoms with E-state index in [0.717, 1.165) is 47.6 Å². The van der Waals surface area contributed by atoms with E-state index in [1.807, 2.05) is 63.5 Å². The fourth-order valence-corrected chi connectivity index (χ4v) is 12.8. The number of aliphatic hydroxyl groups is 1. The molecule has 428 valence electrons. The summed E-state index contributed by atoms with van der Waals surface area (Å²) in [6.45, 7) is 13.7. The summed E-state index contributed by atoms with van der Waals surface area (Å²) in [5, 5.41) is 37.0. The summed E-state index contributed by atoms with van der Waals surface area (Å²) < 4.78 is 49.5. The number of benzene rings is 4. The second kappa shape index (κ2) is 24.9. The second-order valence-corrected chi connectivity index (χ2v) is 23.2. The van der Waals surface area contributed by atoms with Crippen molar-refractivity contribution in [2.45, 2.75) is 89.8 Å². The minimum Gasteiger partial charge on any atom is -0.508 e. The van der Waals surface area contributed by atoms with Crippen molar-refractivity contribution < 1.29 is 47.4 Å². The Labute approximate surface area is 482 Å². The molecule has 0 unspecified atom stereocenters. The van der Waals surface area contributed by atoms with Crippen LogP contribution in [0.5, 0.6) is 17.6 Å². The molecule has 0 radical (unpaired) electrons. The third-order valence-corrected chi connectivity index (χ3v) is 17.3. The summed E-state index contributed by atoms with van der Waals surface area (Å²) in [6, 6.07) is 22.1. The minimum atomic E-state index is -1.14. The number of phenolic OH excluding ortho intramolecular Hbond substituents is 1. The molecule has 3 aromatic heterocycles. The number of β-amino-alcohol motifs (C(OH)–C–C–N with tert-alkyl or cyclic N) is 1. The number of carbonyl (C=O) groups is 3. The number of thiazole rings is 1. The van der Waals surface area contributed by atoms with Gasteiger partial charge in [0.05, 0.1) is 58.4 Å². The molecule has 21 heteroatoms.